The molecule has 0 aromatic heterocycles. The molecule has 2 rings (SSSR count). The molecule has 21 heavy (non-hydrogen) atoms. The van der Waals surface area contributed by atoms with Crippen LogP contribution in [0.25, 0.3) is 6.08 Å². The Labute approximate surface area is 121 Å². The predicted octanol–water partition coefficient (Wildman–Crippen LogP) is -0.189. The molecule has 1 fully saturated rings. The summed E-state index contributed by atoms with van der Waals surface area (Å²) >= 11 is 0. The summed E-state index contributed by atoms with van der Waals surface area (Å²) in [6.07, 6.45) is 2.51. The summed E-state index contributed by atoms with van der Waals surface area (Å²) in [6.45, 7) is 0.376. The molecule has 0 bridgehead atoms. The molecule has 1 saturated heterocycles. The van der Waals surface area contributed by atoms with Crippen LogP contribution in [0.15, 0.2) is 30.3 Å². The molecule has 1 aromatic carbocycles. The molecule has 1 aliphatic heterocycles. The lowest BCUT2D eigenvalue weighted by Gasteiger charge is -2.23. The van der Waals surface area contributed by atoms with Crippen molar-refractivity contribution in [2.24, 2.45) is 0 Å². The van der Waals surface area contributed by atoms with Crippen LogP contribution < -0.4 is 16.0 Å². The Bertz CT molecular complexity index is 570. The van der Waals surface area contributed by atoms with Crippen molar-refractivity contribution in [2.45, 2.75) is 6.04 Å². The monoisotopic (exact) mass is 289 g/mol. The van der Waals surface area contributed by atoms with Crippen molar-refractivity contribution in [2.75, 3.05) is 18.4 Å². The molecule has 1 heterocycles. The fourth-order valence-corrected chi connectivity index (χ4v) is 1.83. The van der Waals surface area contributed by atoms with E-state index in [0.29, 0.717) is 5.69 Å². The molecular weight excluding hydrogens is 274 g/mol. The van der Waals surface area contributed by atoms with Crippen molar-refractivity contribution in [3.8, 4) is 0 Å². The van der Waals surface area contributed by atoms with Gasteiger partial charge in [0.25, 0.3) is 0 Å². The van der Waals surface area contributed by atoms with Crippen LogP contribution >= 0.6 is 0 Å². The molecule has 0 saturated carbocycles. The maximum atomic E-state index is 12.0. The Balaban J connectivity index is 1.92. The topological polar surface area (TPSA) is 108 Å². The van der Waals surface area contributed by atoms with Gasteiger partial charge in [0.1, 0.15) is 6.04 Å². The fourth-order valence-electron chi connectivity index (χ4n) is 1.83. The summed E-state index contributed by atoms with van der Waals surface area (Å²) in [5.41, 5.74) is 1.32. The molecule has 110 valence electrons. The zero-order valence-corrected chi connectivity index (χ0v) is 11.1. The summed E-state index contributed by atoms with van der Waals surface area (Å²) in [4.78, 5) is 33.3. The standard InChI is InChI=1S/C14H15N3O4/c18-12-8-15-11(7-16-12)14(21)17-10-4-1-9(2-5-10)3-6-13(19)20/h1-6,11,15H,7-8H2,(H,16,18)(H,17,21)(H,19,20)/b6-3+. The smallest absolute Gasteiger partial charge is 0.328 e. The Kier molecular flexibility index (Phi) is 4.68. The quantitative estimate of drug-likeness (QED) is 0.575. The van der Waals surface area contributed by atoms with Gasteiger partial charge >= 0.3 is 5.97 Å². The normalized spacial score (nSPS) is 18.3. The third-order valence-electron chi connectivity index (χ3n) is 2.93. The number of rotatable bonds is 4. The first kappa shape index (κ1) is 14.7. The lowest BCUT2D eigenvalue weighted by molar-refractivity contribution is -0.131. The van der Waals surface area contributed by atoms with E-state index in [1.165, 1.54) is 6.08 Å². The van der Waals surface area contributed by atoms with E-state index in [4.69, 9.17) is 5.11 Å². The number of piperazine rings is 1. The molecule has 0 radical (unpaired) electrons. The summed E-state index contributed by atoms with van der Waals surface area (Å²) in [7, 11) is 0. The highest BCUT2D eigenvalue weighted by molar-refractivity contribution is 5.96. The molecule has 1 atom stereocenters. The van der Waals surface area contributed by atoms with Crippen LogP contribution in [0.3, 0.4) is 0 Å². The third kappa shape index (κ3) is 4.43. The predicted molar refractivity (Wildman–Crippen MR) is 76.5 cm³/mol. The van der Waals surface area contributed by atoms with E-state index < -0.39 is 12.0 Å². The van der Waals surface area contributed by atoms with Gasteiger partial charge in [0.15, 0.2) is 0 Å². The van der Waals surface area contributed by atoms with Gasteiger partial charge in [-0.3, -0.25) is 14.9 Å². The molecule has 1 unspecified atom stereocenters. The molecule has 0 aliphatic carbocycles. The van der Waals surface area contributed by atoms with Crippen molar-refractivity contribution in [1.29, 1.82) is 0 Å². The minimum Gasteiger partial charge on any atom is -0.478 e. The highest BCUT2D eigenvalue weighted by Gasteiger charge is 2.23. The summed E-state index contributed by atoms with van der Waals surface area (Å²) < 4.78 is 0. The van der Waals surface area contributed by atoms with Gasteiger partial charge < -0.3 is 15.7 Å². The molecule has 7 nitrogen and oxygen atoms in total. The number of hydrogen-bond donors (Lipinski definition) is 4. The number of carbonyl (C=O) groups is 3. The van der Waals surface area contributed by atoms with E-state index in [0.717, 1.165) is 11.6 Å². The molecule has 7 heteroatoms. The van der Waals surface area contributed by atoms with Crippen LogP contribution in [0, 0.1) is 0 Å². The Morgan fingerprint density at radius 1 is 1.29 bits per heavy atom. The van der Waals surface area contributed by atoms with Crippen LogP contribution in [0.1, 0.15) is 5.56 Å². The van der Waals surface area contributed by atoms with Crippen molar-refractivity contribution >= 4 is 29.5 Å². The van der Waals surface area contributed by atoms with E-state index >= 15 is 0 Å². The minimum absolute atomic E-state index is 0.122. The number of aliphatic carboxylic acids is 1. The van der Waals surface area contributed by atoms with Crippen LogP contribution in [-0.4, -0.2) is 42.0 Å². The number of carbonyl (C=O) groups excluding carboxylic acids is 2. The molecular formula is C14H15N3O4. The van der Waals surface area contributed by atoms with Gasteiger partial charge in [-0.1, -0.05) is 12.1 Å². The Hall–Kier alpha value is -2.67. The van der Waals surface area contributed by atoms with Crippen LogP contribution in [0.5, 0.6) is 0 Å². The maximum absolute atomic E-state index is 12.0. The Morgan fingerprint density at radius 2 is 2.00 bits per heavy atom. The maximum Gasteiger partial charge on any atom is 0.328 e. The largest absolute Gasteiger partial charge is 0.478 e. The van der Waals surface area contributed by atoms with Gasteiger partial charge in [-0.25, -0.2) is 4.79 Å². The number of amides is 2. The first-order valence-corrected chi connectivity index (χ1v) is 6.36. The first-order valence-electron chi connectivity index (χ1n) is 6.36. The van der Waals surface area contributed by atoms with Crippen molar-refractivity contribution < 1.29 is 19.5 Å². The third-order valence-corrected chi connectivity index (χ3v) is 2.93. The lowest BCUT2D eigenvalue weighted by atomic mass is 10.1. The summed E-state index contributed by atoms with van der Waals surface area (Å²) in [5, 5.41) is 16.7. The molecule has 1 aliphatic rings. The lowest BCUT2D eigenvalue weighted by Crippen LogP contribution is -2.56. The number of anilines is 1. The van der Waals surface area contributed by atoms with E-state index in [-0.39, 0.29) is 24.9 Å². The minimum atomic E-state index is -1.02. The van der Waals surface area contributed by atoms with E-state index in [9.17, 15) is 14.4 Å². The van der Waals surface area contributed by atoms with Gasteiger partial charge in [0.05, 0.1) is 6.54 Å². The van der Waals surface area contributed by atoms with Crippen molar-refractivity contribution in [1.82, 2.24) is 10.6 Å². The molecule has 2 amide bonds. The van der Waals surface area contributed by atoms with Crippen molar-refractivity contribution in [3.05, 3.63) is 35.9 Å². The molecule has 1 aromatic rings. The zero-order chi connectivity index (χ0) is 15.2. The van der Waals surface area contributed by atoms with Gasteiger partial charge in [-0.15, -0.1) is 0 Å². The van der Waals surface area contributed by atoms with Crippen LogP contribution in [0.2, 0.25) is 0 Å². The second kappa shape index (κ2) is 6.67. The molecule has 4 N–H and O–H groups in total. The number of carboxylic acid groups (broad SMARTS) is 1. The number of benzene rings is 1. The first-order chi connectivity index (χ1) is 10.0. The number of hydrogen-bond acceptors (Lipinski definition) is 4. The summed E-state index contributed by atoms with van der Waals surface area (Å²) in [5.74, 6) is -1.38. The molecule has 0 spiro atoms. The fraction of sp³-hybridized carbons (Fsp3) is 0.214. The number of carboxylic acids is 1. The van der Waals surface area contributed by atoms with E-state index in [2.05, 4.69) is 16.0 Å². The van der Waals surface area contributed by atoms with Gasteiger partial charge in [-0.2, -0.15) is 0 Å². The van der Waals surface area contributed by atoms with Crippen LogP contribution in [-0.2, 0) is 14.4 Å². The zero-order valence-electron chi connectivity index (χ0n) is 11.1. The highest BCUT2D eigenvalue weighted by Crippen LogP contribution is 2.11. The second-order valence-electron chi connectivity index (χ2n) is 4.52. The summed E-state index contributed by atoms with van der Waals surface area (Å²) in [6, 6.07) is 6.30. The van der Waals surface area contributed by atoms with Gasteiger partial charge in [0.2, 0.25) is 11.8 Å². The average Bonchev–Trinajstić information content (AvgIpc) is 2.47. The van der Waals surface area contributed by atoms with Crippen LogP contribution in [0.4, 0.5) is 5.69 Å². The van der Waals surface area contributed by atoms with E-state index in [1.807, 2.05) is 0 Å². The SMILES string of the molecule is O=C(O)/C=C/c1ccc(NC(=O)C2CNC(=O)CN2)cc1. The second-order valence-corrected chi connectivity index (χ2v) is 4.52. The van der Waals surface area contributed by atoms with E-state index in [1.54, 1.807) is 24.3 Å². The van der Waals surface area contributed by atoms with Gasteiger partial charge in [-0.05, 0) is 23.8 Å². The van der Waals surface area contributed by atoms with Gasteiger partial charge in [0, 0.05) is 18.3 Å². The van der Waals surface area contributed by atoms with Crippen molar-refractivity contribution in [3.63, 3.8) is 0 Å². The Morgan fingerprint density at radius 3 is 2.57 bits per heavy atom. The average molecular weight is 289 g/mol. The highest BCUT2D eigenvalue weighted by atomic mass is 16.4. The number of nitrogens with one attached hydrogen (secondary N) is 3.